The van der Waals surface area contributed by atoms with Crippen LogP contribution in [-0.4, -0.2) is 13.1 Å². The summed E-state index contributed by atoms with van der Waals surface area (Å²) in [5.41, 5.74) is 1.51. The quantitative estimate of drug-likeness (QED) is 0.591. The summed E-state index contributed by atoms with van der Waals surface area (Å²) in [7, 11) is 0. The molecule has 0 saturated heterocycles. The number of nitrogens with one attached hydrogen (secondary N) is 2. The topological polar surface area (TPSA) is 33.3 Å². The summed E-state index contributed by atoms with van der Waals surface area (Å²) in [4.78, 5) is 0. The number of benzene rings is 3. The van der Waals surface area contributed by atoms with Gasteiger partial charge in [0, 0.05) is 18.8 Å². The van der Waals surface area contributed by atoms with Crippen LogP contribution < -0.4 is 15.4 Å². The predicted molar refractivity (Wildman–Crippen MR) is 96.3 cm³/mol. The monoisotopic (exact) mass is 322 g/mol. The largest absolute Gasteiger partial charge is 0.457 e. The van der Waals surface area contributed by atoms with Gasteiger partial charge < -0.3 is 15.4 Å². The maximum atomic E-state index is 13.5. The third-order valence-electron chi connectivity index (χ3n) is 3.48. The standard InChI is InChI=1S/C20H19FN2O/c21-19-8-4-5-9-20(19)23-15-14-22-16-10-12-18(13-11-16)24-17-6-2-1-3-7-17/h1-13,22-23H,14-15H2. The van der Waals surface area contributed by atoms with Crippen molar-refractivity contribution in [3.63, 3.8) is 0 Å². The minimum Gasteiger partial charge on any atom is -0.457 e. The van der Waals surface area contributed by atoms with E-state index in [-0.39, 0.29) is 5.82 Å². The van der Waals surface area contributed by atoms with Crippen molar-refractivity contribution >= 4 is 11.4 Å². The smallest absolute Gasteiger partial charge is 0.146 e. The Hall–Kier alpha value is -3.01. The van der Waals surface area contributed by atoms with Gasteiger partial charge >= 0.3 is 0 Å². The Balaban J connectivity index is 1.45. The molecule has 0 amide bonds. The van der Waals surface area contributed by atoms with Gasteiger partial charge in [-0.25, -0.2) is 4.39 Å². The normalized spacial score (nSPS) is 10.2. The maximum absolute atomic E-state index is 13.5. The van der Waals surface area contributed by atoms with Crippen LogP contribution in [0.4, 0.5) is 15.8 Å². The molecule has 0 aromatic heterocycles. The van der Waals surface area contributed by atoms with Crippen LogP contribution in [0, 0.1) is 5.82 Å². The van der Waals surface area contributed by atoms with Crippen molar-refractivity contribution < 1.29 is 9.13 Å². The van der Waals surface area contributed by atoms with Gasteiger partial charge in [-0.15, -0.1) is 0 Å². The van der Waals surface area contributed by atoms with E-state index in [1.54, 1.807) is 12.1 Å². The van der Waals surface area contributed by atoms with Crippen LogP contribution in [0.3, 0.4) is 0 Å². The number of hydrogen-bond donors (Lipinski definition) is 2. The fourth-order valence-corrected chi connectivity index (χ4v) is 2.27. The second kappa shape index (κ2) is 8.02. The highest BCUT2D eigenvalue weighted by Crippen LogP contribution is 2.22. The van der Waals surface area contributed by atoms with Gasteiger partial charge in [-0.05, 0) is 48.5 Å². The molecule has 0 radical (unpaired) electrons. The highest BCUT2D eigenvalue weighted by Gasteiger charge is 1.99. The first kappa shape index (κ1) is 15.9. The number of hydrogen-bond acceptors (Lipinski definition) is 3. The summed E-state index contributed by atoms with van der Waals surface area (Å²) >= 11 is 0. The van der Waals surface area contributed by atoms with Crippen molar-refractivity contribution in [2.75, 3.05) is 23.7 Å². The lowest BCUT2D eigenvalue weighted by atomic mass is 10.3. The van der Waals surface area contributed by atoms with E-state index in [0.717, 1.165) is 17.2 Å². The lowest BCUT2D eigenvalue weighted by Gasteiger charge is -2.10. The molecule has 0 unspecified atom stereocenters. The maximum Gasteiger partial charge on any atom is 0.146 e. The SMILES string of the molecule is Fc1ccccc1NCCNc1ccc(Oc2ccccc2)cc1. The molecule has 3 aromatic carbocycles. The second-order valence-corrected chi connectivity index (χ2v) is 5.27. The van der Waals surface area contributed by atoms with Gasteiger partial charge in [0.1, 0.15) is 17.3 Å². The number of anilines is 2. The Morgan fingerprint density at radius 1 is 0.667 bits per heavy atom. The molecule has 0 heterocycles. The van der Waals surface area contributed by atoms with E-state index in [4.69, 9.17) is 4.74 Å². The molecular weight excluding hydrogens is 303 g/mol. The third kappa shape index (κ3) is 4.49. The fraction of sp³-hybridized carbons (Fsp3) is 0.100. The Kier molecular flexibility index (Phi) is 5.30. The summed E-state index contributed by atoms with van der Waals surface area (Å²) in [6.45, 7) is 1.32. The van der Waals surface area contributed by atoms with Gasteiger partial charge in [0.25, 0.3) is 0 Å². The van der Waals surface area contributed by atoms with Crippen molar-refractivity contribution in [1.29, 1.82) is 0 Å². The van der Waals surface area contributed by atoms with E-state index in [9.17, 15) is 4.39 Å². The lowest BCUT2D eigenvalue weighted by molar-refractivity contribution is 0.483. The lowest BCUT2D eigenvalue weighted by Crippen LogP contribution is -2.14. The molecule has 3 aromatic rings. The Bertz CT molecular complexity index is 760. The molecule has 0 fully saturated rings. The third-order valence-corrected chi connectivity index (χ3v) is 3.48. The first-order valence-corrected chi connectivity index (χ1v) is 7.86. The molecule has 4 heteroatoms. The highest BCUT2D eigenvalue weighted by atomic mass is 19.1. The van der Waals surface area contributed by atoms with Gasteiger partial charge in [-0.1, -0.05) is 30.3 Å². The van der Waals surface area contributed by atoms with Crippen LogP contribution >= 0.6 is 0 Å². The van der Waals surface area contributed by atoms with Gasteiger partial charge in [-0.3, -0.25) is 0 Å². The van der Waals surface area contributed by atoms with Crippen LogP contribution in [0.5, 0.6) is 11.5 Å². The van der Waals surface area contributed by atoms with E-state index in [1.807, 2.05) is 60.7 Å². The highest BCUT2D eigenvalue weighted by molar-refractivity contribution is 5.48. The van der Waals surface area contributed by atoms with Crippen LogP contribution in [-0.2, 0) is 0 Å². The summed E-state index contributed by atoms with van der Waals surface area (Å²) in [5, 5.41) is 6.35. The van der Waals surface area contributed by atoms with E-state index < -0.39 is 0 Å². The van der Waals surface area contributed by atoms with E-state index in [0.29, 0.717) is 18.8 Å². The van der Waals surface area contributed by atoms with Crippen molar-refractivity contribution in [3.8, 4) is 11.5 Å². The fourth-order valence-electron chi connectivity index (χ4n) is 2.27. The minimum atomic E-state index is -0.236. The molecule has 122 valence electrons. The molecule has 0 aliphatic carbocycles. The molecule has 24 heavy (non-hydrogen) atoms. The molecule has 0 atom stereocenters. The molecule has 2 N–H and O–H groups in total. The zero-order valence-corrected chi connectivity index (χ0v) is 13.2. The molecule has 3 nitrogen and oxygen atoms in total. The molecule has 0 bridgehead atoms. The summed E-state index contributed by atoms with van der Waals surface area (Å²) in [6, 6.07) is 24.1. The van der Waals surface area contributed by atoms with Crippen LogP contribution in [0.15, 0.2) is 78.9 Å². The predicted octanol–water partition coefficient (Wildman–Crippen LogP) is 5.14. The van der Waals surface area contributed by atoms with Crippen LogP contribution in [0.25, 0.3) is 0 Å². The average Bonchev–Trinajstić information content (AvgIpc) is 2.62. The molecule has 3 rings (SSSR count). The average molecular weight is 322 g/mol. The summed E-state index contributed by atoms with van der Waals surface area (Å²) < 4.78 is 19.2. The zero-order valence-electron chi connectivity index (χ0n) is 13.2. The van der Waals surface area contributed by atoms with Crippen molar-refractivity contribution in [3.05, 3.63) is 84.7 Å². The van der Waals surface area contributed by atoms with E-state index in [2.05, 4.69) is 10.6 Å². The molecule has 0 aliphatic rings. The number of rotatable bonds is 7. The second-order valence-electron chi connectivity index (χ2n) is 5.27. The minimum absolute atomic E-state index is 0.236. The zero-order chi connectivity index (χ0) is 16.6. The Labute approximate surface area is 141 Å². The van der Waals surface area contributed by atoms with Gasteiger partial charge in [0.05, 0.1) is 5.69 Å². The van der Waals surface area contributed by atoms with Gasteiger partial charge in [0.15, 0.2) is 0 Å². The van der Waals surface area contributed by atoms with E-state index >= 15 is 0 Å². The Morgan fingerprint density at radius 3 is 2.04 bits per heavy atom. The van der Waals surface area contributed by atoms with Crippen molar-refractivity contribution in [2.24, 2.45) is 0 Å². The van der Waals surface area contributed by atoms with Crippen molar-refractivity contribution in [2.45, 2.75) is 0 Å². The Morgan fingerprint density at radius 2 is 1.29 bits per heavy atom. The summed E-state index contributed by atoms with van der Waals surface area (Å²) in [5.74, 6) is 1.36. The van der Waals surface area contributed by atoms with E-state index in [1.165, 1.54) is 6.07 Å². The first-order valence-electron chi connectivity index (χ1n) is 7.86. The van der Waals surface area contributed by atoms with Crippen molar-refractivity contribution in [1.82, 2.24) is 0 Å². The van der Waals surface area contributed by atoms with Gasteiger partial charge in [0.2, 0.25) is 0 Å². The van der Waals surface area contributed by atoms with Gasteiger partial charge in [-0.2, -0.15) is 0 Å². The molecule has 0 aliphatic heterocycles. The number of ether oxygens (including phenoxy) is 1. The molecule has 0 spiro atoms. The first-order chi connectivity index (χ1) is 11.8. The number of halogens is 1. The number of para-hydroxylation sites is 2. The molecular formula is C20H19FN2O. The van der Waals surface area contributed by atoms with Crippen LogP contribution in [0.1, 0.15) is 0 Å². The molecule has 0 saturated carbocycles. The summed E-state index contributed by atoms with van der Waals surface area (Å²) in [6.07, 6.45) is 0. The van der Waals surface area contributed by atoms with Crippen LogP contribution in [0.2, 0.25) is 0 Å².